The van der Waals surface area contributed by atoms with Gasteiger partial charge in [-0.2, -0.15) is 0 Å². The van der Waals surface area contributed by atoms with Crippen molar-refractivity contribution >= 4 is 6.03 Å². The van der Waals surface area contributed by atoms with Gasteiger partial charge in [-0.25, -0.2) is 4.79 Å². The number of carbonyl (C=O) groups excluding carboxylic acids is 1. The summed E-state index contributed by atoms with van der Waals surface area (Å²) >= 11 is 0. The molecule has 2 amide bonds. The SMILES string of the molecule is CC(C)CNC(=O)NCc1ccccc1OCCO. The Labute approximate surface area is 114 Å². The summed E-state index contributed by atoms with van der Waals surface area (Å²) in [6.45, 7) is 5.34. The van der Waals surface area contributed by atoms with Crippen LogP contribution in [0.3, 0.4) is 0 Å². The second-order valence-corrected chi connectivity index (χ2v) is 4.64. The van der Waals surface area contributed by atoms with Crippen LogP contribution in [0.5, 0.6) is 5.75 Å². The molecule has 0 atom stereocenters. The molecule has 3 N–H and O–H groups in total. The van der Waals surface area contributed by atoms with Crippen molar-refractivity contribution < 1.29 is 14.6 Å². The van der Waals surface area contributed by atoms with Gasteiger partial charge in [0.1, 0.15) is 12.4 Å². The Bertz CT molecular complexity index is 394. The third-order valence-electron chi connectivity index (χ3n) is 2.43. The lowest BCUT2D eigenvalue weighted by Gasteiger charge is -2.12. The first kappa shape index (κ1) is 15.3. The Balaban J connectivity index is 2.45. The minimum atomic E-state index is -0.189. The largest absolute Gasteiger partial charge is 0.491 e. The predicted molar refractivity (Wildman–Crippen MR) is 74.1 cm³/mol. The highest BCUT2D eigenvalue weighted by Crippen LogP contribution is 2.17. The summed E-state index contributed by atoms with van der Waals surface area (Å²) in [4.78, 5) is 11.5. The molecular formula is C14H22N2O3. The monoisotopic (exact) mass is 266 g/mol. The molecule has 0 fully saturated rings. The molecule has 0 saturated heterocycles. The van der Waals surface area contributed by atoms with Crippen LogP contribution in [-0.2, 0) is 6.54 Å². The zero-order valence-corrected chi connectivity index (χ0v) is 11.5. The summed E-state index contributed by atoms with van der Waals surface area (Å²) in [6, 6.07) is 7.25. The van der Waals surface area contributed by atoms with Gasteiger partial charge in [0.05, 0.1) is 6.61 Å². The molecule has 0 bridgehead atoms. The van der Waals surface area contributed by atoms with Crippen LogP contribution in [0.4, 0.5) is 4.79 Å². The molecular weight excluding hydrogens is 244 g/mol. The van der Waals surface area contributed by atoms with Gasteiger partial charge in [0.2, 0.25) is 0 Å². The molecule has 0 saturated carbocycles. The third kappa shape index (κ3) is 6.10. The van der Waals surface area contributed by atoms with Crippen LogP contribution in [-0.4, -0.2) is 30.9 Å². The molecule has 106 valence electrons. The second kappa shape index (κ2) is 8.37. The maximum atomic E-state index is 11.5. The summed E-state index contributed by atoms with van der Waals surface area (Å²) in [6.07, 6.45) is 0. The summed E-state index contributed by atoms with van der Waals surface area (Å²) in [7, 11) is 0. The van der Waals surface area contributed by atoms with Crippen LogP contribution in [0, 0.1) is 5.92 Å². The highest BCUT2D eigenvalue weighted by atomic mass is 16.5. The first-order valence-electron chi connectivity index (χ1n) is 6.46. The van der Waals surface area contributed by atoms with E-state index in [1.165, 1.54) is 0 Å². The van der Waals surface area contributed by atoms with E-state index >= 15 is 0 Å². The molecule has 0 aliphatic heterocycles. The zero-order chi connectivity index (χ0) is 14.1. The molecule has 0 radical (unpaired) electrons. The summed E-state index contributed by atoms with van der Waals surface area (Å²) < 4.78 is 5.40. The molecule has 0 unspecified atom stereocenters. The highest BCUT2D eigenvalue weighted by Gasteiger charge is 2.05. The number of rotatable bonds is 7. The van der Waals surface area contributed by atoms with E-state index in [0.29, 0.717) is 24.8 Å². The number of carbonyl (C=O) groups is 1. The van der Waals surface area contributed by atoms with Crippen molar-refractivity contribution in [1.82, 2.24) is 10.6 Å². The Hall–Kier alpha value is -1.75. The fourth-order valence-electron chi connectivity index (χ4n) is 1.48. The van der Waals surface area contributed by atoms with E-state index in [1.807, 2.05) is 38.1 Å². The average Bonchev–Trinajstić information content (AvgIpc) is 2.41. The molecule has 5 heteroatoms. The van der Waals surface area contributed by atoms with Crippen LogP contribution >= 0.6 is 0 Å². The smallest absolute Gasteiger partial charge is 0.315 e. The van der Waals surface area contributed by atoms with Crippen molar-refractivity contribution in [3.63, 3.8) is 0 Å². The molecule has 19 heavy (non-hydrogen) atoms. The van der Waals surface area contributed by atoms with Crippen molar-refractivity contribution in [3.05, 3.63) is 29.8 Å². The number of ether oxygens (including phenoxy) is 1. The van der Waals surface area contributed by atoms with Crippen LogP contribution in [0.15, 0.2) is 24.3 Å². The molecule has 0 aromatic heterocycles. The minimum absolute atomic E-state index is 0.0311. The minimum Gasteiger partial charge on any atom is -0.491 e. The van der Waals surface area contributed by atoms with Gasteiger partial charge in [-0.1, -0.05) is 32.0 Å². The summed E-state index contributed by atoms with van der Waals surface area (Å²) in [5, 5.41) is 14.3. The van der Waals surface area contributed by atoms with Gasteiger partial charge >= 0.3 is 6.03 Å². The highest BCUT2D eigenvalue weighted by molar-refractivity contribution is 5.73. The molecule has 1 aromatic carbocycles. The number of urea groups is 1. The van der Waals surface area contributed by atoms with Gasteiger partial charge < -0.3 is 20.5 Å². The lowest BCUT2D eigenvalue weighted by Crippen LogP contribution is -2.37. The molecule has 1 aromatic rings. The van der Waals surface area contributed by atoms with Crippen LogP contribution < -0.4 is 15.4 Å². The van der Waals surface area contributed by atoms with Gasteiger partial charge in [-0.15, -0.1) is 0 Å². The van der Waals surface area contributed by atoms with Gasteiger partial charge in [0.15, 0.2) is 0 Å². The lowest BCUT2D eigenvalue weighted by atomic mass is 10.2. The van der Waals surface area contributed by atoms with E-state index in [0.717, 1.165) is 5.56 Å². The predicted octanol–water partition coefficient (Wildman–Crippen LogP) is 1.51. The quantitative estimate of drug-likeness (QED) is 0.700. The number of benzene rings is 1. The van der Waals surface area contributed by atoms with Crippen LogP contribution in [0.2, 0.25) is 0 Å². The number of aliphatic hydroxyl groups is 1. The van der Waals surface area contributed by atoms with E-state index in [1.54, 1.807) is 0 Å². The lowest BCUT2D eigenvalue weighted by molar-refractivity contribution is 0.200. The Kier molecular flexibility index (Phi) is 6.74. The van der Waals surface area contributed by atoms with Crippen molar-refractivity contribution in [1.29, 1.82) is 0 Å². The molecule has 0 spiro atoms. The number of aliphatic hydroxyl groups excluding tert-OH is 1. The van der Waals surface area contributed by atoms with Crippen molar-refractivity contribution in [2.45, 2.75) is 20.4 Å². The topological polar surface area (TPSA) is 70.6 Å². The number of hydrogen-bond acceptors (Lipinski definition) is 3. The van der Waals surface area contributed by atoms with Crippen molar-refractivity contribution in [3.8, 4) is 5.75 Å². The molecule has 1 rings (SSSR count). The number of nitrogens with one attached hydrogen (secondary N) is 2. The Morgan fingerprint density at radius 1 is 1.32 bits per heavy atom. The van der Waals surface area contributed by atoms with Crippen LogP contribution in [0.1, 0.15) is 19.4 Å². The van der Waals surface area contributed by atoms with Gasteiger partial charge in [-0.3, -0.25) is 0 Å². The normalized spacial score (nSPS) is 10.3. The summed E-state index contributed by atoms with van der Waals surface area (Å²) in [5.41, 5.74) is 0.885. The fourth-order valence-corrected chi connectivity index (χ4v) is 1.48. The number of amides is 2. The van der Waals surface area contributed by atoms with E-state index in [2.05, 4.69) is 10.6 Å². The third-order valence-corrected chi connectivity index (χ3v) is 2.43. The fraction of sp³-hybridized carbons (Fsp3) is 0.500. The van der Waals surface area contributed by atoms with Crippen molar-refractivity contribution in [2.24, 2.45) is 5.92 Å². The maximum Gasteiger partial charge on any atom is 0.315 e. The van der Waals surface area contributed by atoms with E-state index < -0.39 is 0 Å². The van der Waals surface area contributed by atoms with E-state index in [9.17, 15) is 4.79 Å². The maximum absolute atomic E-state index is 11.5. The van der Waals surface area contributed by atoms with Gasteiger partial charge in [0.25, 0.3) is 0 Å². The van der Waals surface area contributed by atoms with E-state index in [-0.39, 0.29) is 19.2 Å². The number of hydrogen-bond donors (Lipinski definition) is 3. The van der Waals surface area contributed by atoms with Crippen molar-refractivity contribution in [2.75, 3.05) is 19.8 Å². The molecule has 0 aliphatic rings. The first-order chi connectivity index (χ1) is 9.13. The standard InChI is InChI=1S/C14H22N2O3/c1-11(2)9-15-14(18)16-10-12-5-3-4-6-13(12)19-8-7-17/h3-6,11,17H,7-10H2,1-2H3,(H2,15,16,18). The van der Waals surface area contributed by atoms with E-state index in [4.69, 9.17) is 9.84 Å². The van der Waals surface area contributed by atoms with Crippen LogP contribution in [0.25, 0.3) is 0 Å². The van der Waals surface area contributed by atoms with Gasteiger partial charge in [-0.05, 0) is 12.0 Å². The molecule has 0 aliphatic carbocycles. The number of para-hydroxylation sites is 1. The average molecular weight is 266 g/mol. The molecule has 5 nitrogen and oxygen atoms in total. The van der Waals surface area contributed by atoms with Gasteiger partial charge in [0, 0.05) is 18.7 Å². The second-order valence-electron chi connectivity index (χ2n) is 4.64. The first-order valence-corrected chi connectivity index (χ1v) is 6.46. The Morgan fingerprint density at radius 3 is 2.74 bits per heavy atom. The summed E-state index contributed by atoms with van der Waals surface area (Å²) in [5.74, 6) is 1.10. The zero-order valence-electron chi connectivity index (χ0n) is 11.5. The molecule has 0 heterocycles. The Morgan fingerprint density at radius 2 is 2.05 bits per heavy atom.